The Morgan fingerprint density at radius 2 is 1.74 bits per heavy atom. The first-order valence-electron chi connectivity index (χ1n) is 8.25. The van der Waals surface area contributed by atoms with Gasteiger partial charge in [0.15, 0.2) is 5.11 Å². The van der Waals surface area contributed by atoms with E-state index in [1.165, 1.54) is 0 Å². The summed E-state index contributed by atoms with van der Waals surface area (Å²) in [7, 11) is 3.45. The smallest absolute Gasteiger partial charge is 0.253 e. The van der Waals surface area contributed by atoms with Crippen LogP contribution in [0.3, 0.4) is 0 Å². The Morgan fingerprint density at radius 1 is 1.11 bits per heavy atom. The minimum Gasteiger partial charge on any atom is -0.362 e. The number of hydrogen-bond donors (Lipinski definition) is 2. The molecule has 0 saturated carbocycles. The quantitative estimate of drug-likeness (QED) is 0.471. The summed E-state index contributed by atoms with van der Waals surface area (Å²) in [5.74, 6) is 1.58. The van der Waals surface area contributed by atoms with Crippen LogP contribution in [0.4, 0.5) is 5.69 Å². The van der Waals surface area contributed by atoms with Crippen LogP contribution in [0.25, 0.3) is 0 Å². The van der Waals surface area contributed by atoms with E-state index in [0.29, 0.717) is 20.7 Å². The number of nitrogens with one attached hydrogen (secondary N) is 2. The Bertz CT molecular complexity index is 778. The van der Waals surface area contributed by atoms with Gasteiger partial charge in [-0.25, -0.2) is 0 Å². The largest absolute Gasteiger partial charge is 0.362 e. The zero-order valence-electron chi connectivity index (χ0n) is 15.1. The molecule has 144 valence electrons. The van der Waals surface area contributed by atoms with Gasteiger partial charge in [0.25, 0.3) is 5.91 Å². The lowest BCUT2D eigenvalue weighted by atomic mass is 10.2. The fourth-order valence-electron chi connectivity index (χ4n) is 2.21. The Balaban J connectivity index is 1.71. The predicted octanol–water partition coefficient (Wildman–Crippen LogP) is 4.92. The summed E-state index contributed by atoms with van der Waals surface area (Å²) >= 11 is 19.4. The van der Waals surface area contributed by atoms with E-state index < -0.39 is 0 Å². The first-order valence-corrected chi connectivity index (χ1v) is 10.6. The predicted molar refractivity (Wildman–Crippen MR) is 121 cm³/mol. The molecule has 1 amide bonds. The molecule has 0 aliphatic heterocycles. The maximum absolute atomic E-state index is 11.9. The first kappa shape index (κ1) is 21.8. The fourth-order valence-corrected chi connectivity index (χ4v) is 4.03. The molecule has 0 aliphatic rings. The van der Waals surface area contributed by atoms with Crippen molar-refractivity contribution in [3.8, 4) is 0 Å². The first-order chi connectivity index (χ1) is 12.9. The van der Waals surface area contributed by atoms with Crippen LogP contribution in [0.5, 0.6) is 0 Å². The molecule has 0 saturated heterocycles. The number of thioether (sulfide) groups is 1. The molecule has 2 aromatic carbocycles. The molecule has 0 bridgehead atoms. The van der Waals surface area contributed by atoms with Crippen molar-refractivity contribution < 1.29 is 4.79 Å². The van der Waals surface area contributed by atoms with E-state index in [-0.39, 0.29) is 5.91 Å². The van der Waals surface area contributed by atoms with Gasteiger partial charge in [-0.1, -0.05) is 29.3 Å². The summed E-state index contributed by atoms with van der Waals surface area (Å²) in [6.45, 7) is 0.718. The molecule has 2 aromatic rings. The lowest BCUT2D eigenvalue weighted by molar-refractivity contribution is 0.0827. The number of hydrogen-bond acceptors (Lipinski definition) is 3. The van der Waals surface area contributed by atoms with Gasteiger partial charge in [0, 0.05) is 53.4 Å². The molecule has 2 N–H and O–H groups in total. The third-order valence-corrected chi connectivity index (χ3v) is 5.58. The molecular weight excluding hydrogens is 421 g/mol. The third-order valence-electron chi connectivity index (χ3n) is 3.64. The molecule has 0 unspecified atom stereocenters. The van der Waals surface area contributed by atoms with Gasteiger partial charge in [0.2, 0.25) is 0 Å². The molecular formula is C19H21Cl2N3OS2. The second-order valence-corrected chi connectivity index (χ2v) is 8.24. The number of nitrogens with zero attached hydrogens (tertiary/aromatic N) is 1. The third kappa shape index (κ3) is 6.88. The second kappa shape index (κ2) is 10.8. The van der Waals surface area contributed by atoms with Gasteiger partial charge in [-0.3, -0.25) is 4.79 Å². The van der Waals surface area contributed by atoms with Gasteiger partial charge < -0.3 is 15.5 Å². The summed E-state index contributed by atoms with van der Waals surface area (Å²) in [4.78, 5) is 13.4. The average molecular weight is 442 g/mol. The maximum atomic E-state index is 11.9. The van der Waals surface area contributed by atoms with Crippen LogP contribution in [0, 0.1) is 0 Å². The summed E-state index contributed by atoms with van der Waals surface area (Å²) in [6, 6.07) is 12.7. The van der Waals surface area contributed by atoms with Gasteiger partial charge >= 0.3 is 0 Å². The van der Waals surface area contributed by atoms with E-state index in [0.717, 1.165) is 29.3 Å². The van der Waals surface area contributed by atoms with E-state index >= 15 is 0 Å². The van der Waals surface area contributed by atoms with Crippen LogP contribution >= 0.6 is 47.2 Å². The number of halogens is 2. The molecule has 4 nitrogen and oxygen atoms in total. The number of rotatable bonds is 7. The summed E-state index contributed by atoms with van der Waals surface area (Å²) < 4.78 is 0. The molecule has 0 aromatic heterocycles. The zero-order chi connectivity index (χ0) is 19.8. The topological polar surface area (TPSA) is 44.4 Å². The maximum Gasteiger partial charge on any atom is 0.253 e. The standard InChI is InChI=1S/C19H21Cl2N3OS2/c1-24(2)18(25)13-6-8-14(9-7-13)23-19(26)22-10-11-27-12-15-16(20)4-3-5-17(15)21/h3-9H,10-12H2,1-2H3,(H2,22,23,26). The van der Waals surface area contributed by atoms with Crippen molar-refractivity contribution in [3.63, 3.8) is 0 Å². The molecule has 0 aliphatic carbocycles. The van der Waals surface area contributed by atoms with Gasteiger partial charge in [0.05, 0.1) is 0 Å². The molecule has 0 radical (unpaired) electrons. The normalized spacial score (nSPS) is 10.4. The van der Waals surface area contributed by atoms with E-state index in [4.69, 9.17) is 35.4 Å². The van der Waals surface area contributed by atoms with Crippen LogP contribution < -0.4 is 10.6 Å². The molecule has 0 spiro atoms. The lowest BCUT2D eigenvalue weighted by Crippen LogP contribution is -2.30. The highest BCUT2D eigenvalue weighted by Gasteiger charge is 2.08. The SMILES string of the molecule is CN(C)C(=O)c1ccc(NC(=S)NCCSCc2c(Cl)cccc2Cl)cc1. The molecule has 0 heterocycles. The van der Waals surface area contributed by atoms with Gasteiger partial charge in [-0.2, -0.15) is 11.8 Å². The minimum absolute atomic E-state index is 0.0297. The number of carbonyl (C=O) groups excluding carboxylic acids is 1. The van der Waals surface area contributed by atoms with Crippen molar-refractivity contribution in [1.82, 2.24) is 10.2 Å². The van der Waals surface area contributed by atoms with Crippen molar-refractivity contribution in [2.24, 2.45) is 0 Å². The van der Waals surface area contributed by atoms with E-state index in [1.807, 2.05) is 30.3 Å². The summed E-state index contributed by atoms with van der Waals surface area (Å²) in [6.07, 6.45) is 0. The number of thiocarbonyl (C=S) groups is 1. The Morgan fingerprint density at radius 3 is 2.33 bits per heavy atom. The molecule has 0 atom stereocenters. The van der Waals surface area contributed by atoms with Gasteiger partial charge in [0.1, 0.15) is 0 Å². The Hall–Kier alpha value is -1.47. The highest BCUT2D eigenvalue weighted by molar-refractivity contribution is 7.98. The zero-order valence-corrected chi connectivity index (χ0v) is 18.2. The number of carbonyl (C=O) groups is 1. The van der Waals surface area contributed by atoms with Gasteiger partial charge in [-0.15, -0.1) is 0 Å². The number of amides is 1. The van der Waals surface area contributed by atoms with Crippen LogP contribution in [-0.4, -0.2) is 42.3 Å². The average Bonchev–Trinajstić information content (AvgIpc) is 2.63. The van der Waals surface area contributed by atoms with Gasteiger partial charge in [-0.05, 0) is 54.2 Å². The minimum atomic E-state index is -0.0297. The van der Waals surface area contributed by atoms with Crippen molar-refractivity contribution in [3.05, 3.63) is 63.6 Å². The molecule has 0 fully saturated rings. The van der Waals surface area contributed by atoms with E-state index in [9.17, 15) is 4.79 Å². The number of anilines is 1. The van der Waals surface area contributed by atoms with Crippen LogP contribution in [0.2, 0.25) is 10.0 Å². The number of benzene rings is 2. The fraction of sp³-hybridized carbons (Fsp3) is 0.263. The molecule has 2 rings (SSSR count). The van der Waals surface area contributed by atoms with Crippen LogP contribution in [0.1, 0.15) is 15.9 Å². The van der Waals surface area contributed by atoms with Crippen molar-refractivity contribution in [1.29, 1.82) is 0 Å². The summed E-state index contributed by atoms with van der Waals surface area (Å²) in [5.41, 5.74) is 2.43. The Kier molecular flexibility index (Phi) is 8.70. The molecule has 27 heavy (non-hydrogen) atoms. The molecule has 8 heteroatoms. The second-order valence-electron chi connectivity index (χ2n) is 5.91. The summed E-state index contributed by atoms with van der Waals surface area (Å²) in [5, 5.41) is 8.19. The monoisotopic (exact) mass is 441 g/mol. The van der Waals surface area contributed by atoms with Crippen molar-refractivity contribution >= 4 is 63.9 Å². The van der Waals surface area contributed by atoms with E-state index in [1.54, 1.807) is 42.9 Å². The highest BCUT2D eigenvalue weighted by atomic mass is 35.5. The van der Waals surface area contributed by atoms with Crippen LogP contribution in [-0.2, 0) is 5.75 Å². The lowest BCUT2D eigenvalue weighted by Gasteiger charge is -2.13. The Labute approximate surface area is 179 Å². The van der Waals surface area contributed by atoms with E-state index in [2.05, 4.69) is 10.6 Å². The highest BCUT2D eigenvalue weighted by Crippen LogP contribution is 2.27. The van der Waals surface area contributed by atoms with Crippen LogP contribution in [0.15, 0.2) is 42.5 Å². The van der Waals surface area contributed by atoms with Crippen molar-refractivity contribution in [2.45, 2.75) is 5.75 Å². The van der Waals surface area contributed by atoms with Crippen molar-refractivity contribution in [2.75, 3.05) is 31.7 Å².